The predicted octanol–water partition coefficient (Wildman–Crippen LogP) is 0.714. The number of carbonyl (C=O) groups excluding carboxylic acids is 1. The molecule has 4 heteroatoms. The lowest BCUT2D eigenvalue weighted by atomic mass is 9.97. The first kappa shape index (κ1) is 12.8. The highest BCUT2D eigenvalue weighted by molar-refractivity contribution is 5.76. The normalized spacial score (nSPS) is 30.2. The molecule has 0 bridgehead atoms. The Morgan fingerprint density at radius 3 is 2.65 bits per heavy atom. The molecule has 2 atom stereocenters. The maximum Gasteiger partial charge on any atom is 0.231 e. The fourth-order valence-corrected chi connectivity index (χ4v) is 3.46. The molecule has 98 valence electrons. The van der Waals surface area contributed by atoms with Crippen molar-refractivity contribution in [3.05, 3.63) is 0 Å². The van der Waals surface area contributed by atoms with Crippen molar-refractivity contribution in [2.24, 2.45) is 11.7 Å². The first-order valence-electron chi connectivity index (χ1n) is 6.97. The molecule has 1 amide bonds. The zero-order valence-corrected chi connectivity index (χ0v) is 10.8. The van der Waals surface area contributed by atoms with Crippen LogP contribution in [0.25, 0.3) is 0 Å². The van der Waals surface area contributed by atoms with Crippen molar-refractivity contribution < 1.29 is 4.79 Å². The van der Waals surface area contributed by atoms with Gasteiger partial charge in [-0.15, -0.1) is 0 Å². The molecule has 0 aromatic rings. The number of nitrogens with zero attached hydrogens (tertiary/aromatic N) is 1. The minimum atomic E-state index is -0.182. The molecular formula is C13H25N3O. The van der Waals surface area contributed by atoms with Gasteiger partial charge in [-0.1, -0.05) is 26.2 Å². The van der Waals surface area contributed by atoms with E-state index in [9.17, 15) is 4.79 Å². The topological polar surface area (TPSA) is 58.4 Å². The molecule has 2 aliphatic rings. The molecule has 0 spiro atoms. The summed E-state index contributed by atoms with van der Waals surface area (Å²) in [7, 11) is 0. The molecule has 1 aliphatic carbocycles. The largest absolute Gasteiger partial charge is 0.369 e. The number of amides is 1. The van der Waals surface area contributed by atoms with E-state index < -0.39 is 0 Å². The average molecular weight is 239 g/mol. The smallest absolute Gasteiger partial charge is 0.231 e. The van der Waals surface area contributed by atoms with Crippen molar-refractivity contribution in [1.82, 2.24) is 10.2 Å². The van der Waals surface area contributed by atoms with Crippen LogP contribution in [-0.4, -0.2) is 42.5 Å². The molecule has 17 heavy (non-hydrogen) atoms. The Kier molecular flexibility index (Phi) is 4.40. The molecule has 1 aliphatic heterocycles. The maximum atomic E-state index is 11.3. The molecule has 0 aromatic carbocycles. The Bertz CT molecular complexity index is 263. The molecule has 2 rings (SSSR count). The molecule has 3 N–H and O–H groups in total. The van der Waals surface area contributed by atoms with Crippen molar-refractivity contribution in [3.8, 4) is 0 Å². The van der Waals surface area contributed by atoms with Crippen LogP contribution in [0.15, 0.2) is 0 Å². The fourth-order valence-electron chi connectivity index (χ4n) is 3.46. The second kappa shape index (κ2) is 5.83. The lowest BCUT2D eigenvalue weighted by molar-refractivity contribution is -0.120. The van der Waals surface area contributed by atoms with E-state index >= 15 is 0 Å². The lowest BCUT2D eigenvalue weighted by Gasteiger charge is -2.36. The van der Waals surface area contributed by atoms with E-state index in [4.69, 9.17) is 5.73 Å². The predicted molar refractivity (Wildman–Crippen MR) is 68.6 cm³/mol. The highest BCUT2D eigenvalue weighted by Crippen LogP contribution is 2.29. The number of hydrogen-bond acceptors (Lipinski definition) is 3. The molecule has 1 saturated heterocycles. The van der Waals surface area contributed by atoms with Gasteiger partial charge in [-0.25, -0.2) is 0 Å². The summed E-state index contributed by atoms with van der Waals surface area (Å²) in [5.74, 6) is 0.494. The van der Waals surface area contributed by atoms with Crippen molar-refractivity contribution in [3.63, 3.8) is 0 Å². The van der Waals surface area contributed by atoms with E-state index in [2.05, 4.69) is 17.1 Å². The van der Waals surface area contributed by atoms with Crippen molar-refractivity contribution in [2.45, 2.75) is 51.1 Å². The zero-order valence-electron chi connectivity index (χ0n) is 10.8. The highest BCUT2D eigenvalue weighted by Gasteiger charge is 2.36. The van der Waals surface area contributed by atoms with Gasteiger partial charge >= 0.3 is 0 Å². The number of hydrogen-bond donors (Lipinski definition) is 2. The molecule has 2 unspecified atom stereocenters. The van der Waals surface area contributed by atoms with Crippen LogP contribution in [0.5, 0.6) is 0 Å². The van der Waals surface area contributed by atoms with Gasteiger partial charge in [0, 0.05) is 18.6 Å². The van der Waals surface area contributed by atoms with E-state index in [1.807, 2.05) is 0 Å². The number of nitrogens with one attached hydrogen (secondary N) is 1. The second-order valence-electron chi connectivity index (χ2n) is 5.47. The van der Waals surface area contributed by atoms with Gasteiger partial charge in [-0.05, 0) is 25.3 Å². The van der Waals surface area contributed by atoms with Gasteiger partial charge in [0.1, 0.15) is 0 Å². The van der Waals surface area contributed by atoms with Gasteiger partial charge in [0.05, 0.1) is 6.54 Å². The lowest BCUT2D eigenvalue weighted by Crippen LogP contribution is -2.49. The Hall–Kier alpha value is -0.610. The Balaban J connectivity index is 2.05. The average Bonchev–Trinajstić information content (AvgIpc) is 2.96. The SMILES string of the molecule is CCC1CNCC1N(CC(N)=O)C1CCCC1. The van der Waals surface area contributed by atoms with Crippen LogP contribution in [-0.2, 0) is 4.79 Å². The van der Waals surface area contributed by atoms with Gasteiger partial charge in [0.25, 0.3) is 0 Å². The first-order chi connectivity index (χ1) is 8.22. The summed E-state index contributed by atoms with van der Waals surface area (Å²) in [5, 5.41) is 3.46. The molecule has 1 heterocycles. The summed E-state index contributed by atoms with van der Waals surface area (Å²) in [6.45, 7) is 4.78. The third-order valence-electron chi connectivity index (χ3n) is 4.39. The summed E-state index contributed by atoms with van der Waals surface area (Å²) in [6, 6.07) is 1.09. The third kappa shape index (κ3) is 2.99. The monoisotopic (exact) mass is 239 g/mol. The number of carbonyl (C=O) groups is 1. The van der Waals surface area contributed by atoms with E-state index in [0.29, 0.717) is 24.5 Å². The Morgan fingerprint density at radius 2 is 2.06 bits per heavy atom. The summed E-state index contributed by atoms with van der Waals surface area (Å²) < 4.78 is 0. The zero-order chi connectivity index (χ0) is 12.3. The van der Waals surface area contributed by atoms with Crippen molar-refractivity contribution in [1.29, 1.82) is 0 Å². The summed E-state index contributed by atoms with van der Waals surface area (Å²) >= 11 is 0. The summed E-state index contributed by atoms with van der Waals surface area (Å²) in [5.41, 5.74) is 5.41. The first-order valence-corrected chi connectivity index (χ1v) is 6.97. The van der Waals surface area contributed by atoms with Crippen LogP contribution in [0.3, 0.4) is 0 Å². The van der Waals surface area contributed by atoms with E-state index in [1.165, 1.54) is 32.1 Å². The van der Waals surface area contributed by atoms with Crippen molar-refractivity contribution >= 4 is 5.91 Å². The quantitative estimate of drug-likeness (QED) is 0.743. The molecule has 4 nitrogen and oxygen atoms in total. The van der Waals surface area contributed by atoms with Gasteiger partial charge in [-0.3, -0.25) is 9.69 Å². The van der Waals surface area contributed by atoms with Gasteiger partial charge < -0.3 is 11.1 Å². The Labute approximate surface area is 104 Å². The van der Waals surface area contributed by atoms with Crippen LogP contribution in [0.4, 0.5) is 0 Å². The molecule has 0 aromatic heterocycles. The van der Waals surface area contributed by atoms with Crippen LogP contribution < -0.4 is 11.1 Å². The number of rotatable bonds is 5. The maximum absolute atomic E-state index is 11.3. The Morgan fingerprint density at radius 1 is 1.35 bits per heavy atom. The molecular weight excluding hydrogens is 214 g/mol. The molecule has 0 radical (unpaired) electrons. The highest BCUT2D eigenvalue weighted by atomic mass is 16.1. The minimum Gasteiger partial charge on any atom is -0.369 e. The molecule has 2 fully saturated rings. The van der Waals surface area contributed by atoms with E-state index in [0.717, 1.165) is 13.1 Å². The van der Waals surface area contributed by atoms with Crippen molar-refractivity contribution in [2.75, 3.05) is 19.6 Å². The van der Waals surface area contributed by atoms with Crippen LogP contribution >= 0.6 is 0 Å². The van der Waals surface area contributed by atoms with Crippen LogP contribution in [0.1, 0.15) is 39.0 Å². The third-order valence-corrected chi connectivity index (χ3v) is 4.39. The van der Waals surface area contributed by atoms with Crippen LogP contribution in [0, 0.1) is 5.92 Å². The van der Waals surface area contributed by atoms with E-state index in [1.54, 1.807) is 0 Å². The minimum absolute atomic E-state index is 0.182. The summed E-state index contributed by atoms with van der Waals surface area (Å²) in [6.07, 6.45) is 6.26. The van der Waals surface area contributed by atoms with Gasteiger partial charge in [0.15, 0.2) is 0 Å². The standard InChI is InChI=1S/C13H25N3O/c1-2-10-7-15-8-12(10)16(9-13(14)17)11-5-3-4-6-11/h10-12,15H,2-9H2,1H3,(H2,14,17). The van der Waals surface area contributed by atoms with Gasteiger partial charge in [0.2, 0.25) is 5.91 Å². The molecule has 1 saturated carbocycles. The number of primary amides is 1. The summed E-state index contributed by atoms with van der Waals surface area (Å²) in [4.78, 5) is 13.7. The van der Waals surface area contributed by atoms with Gasteiger partial charge in [-0.2, -0.15) is 0 Å². The number of nitrogens with two attached hydrogens (primary N) is 1. The fraction of sp³-hybridized carbons (Fsp3) is 0.923. The van der Waals surface area contributed by atoms with E-state index in [-0.39, 0.29) is 5.91 Å². The second-order valence-corrected chi connectivity index (χ2v) is 5.47. The van der Waals surface area contributed by atoms with Crippen LogP contribution in [0.2, 0.25) is 0 Å².